The average molecular weight is 691 g/mol. The third kappa shape index (κ3) is 10.4. The highest BCUT2D eigenvalue weighted by Gasteiger charge is 2.33. The maximum Gasteiger partial charge on any atom is 0.419 e. The number of aromatic nitrogens is 4. The summed E-state index contributed by atoms with van der Waals surface area (Å²) in [6.45, 7) is 5.88. The fraction of sp³-hybridized carbons (Fsp3) is 0.222. The Kier molecular flexibility index (Phi) is 13.5. The number of ether oxygens (including phenoxy) is 3. The van der Waals surface area contributed by atoms with Gasteiger partial charge in [0.15, 0.2) is 0 Å². The summed E-state index contributed by atoms with van der Waals surface area (Å²) in [7, 11) is 0. The fourth-order valence-electron chi connectivity index (χ4n) is 4.39. The number of anilines is 1. The highest BCUT2D eigenvalue weighted by Crippen LogP contribution is 2.38. The second-order valence-electron chi connectivity index (χ2n) is 10.7. The zero-order valence-electron chi connectivity index (χ0n) is 27.6. The van der Waals surface area contributed by atoms with Crippen LogP contribution in [0.2, 0.25) is 0 Å². The third-order valence-electron chi connectivity index (χ3n) is 6.70. The highest BCUT2D eigenvalue weighted by atomic mass is 19.1. The lowest BCUT2D eigenvalue weighted by Crippen LogP contribution is -2.30. The number of halogens is 2. The minimum absolute atomic E-state index is 0. The number of hydrogen-bond donors (Lipinski definition) is 2. The second-order valence-corrected chi connectivity index (χ2v) is 10.7. The first kappa shape index (κ1) is 36.7. The predicted octanol–water partition coefficient (Wildman–Crippen LogP) is 7.65. The van der Waals surface area contributed by atoms with E-state index in [9.17, 15) is 23.2 Å². The normalized spacial score (nSPS) is 12.5. The summed E-state index contributed by atoms with van der Waals surface area (Å²) in [5, 5.41) is 5.19. The van der Waals surface area contributed by atoms with Crippen molar-refractivity contribution in [2.45, 2.75) is 46.4 Å². The van der Waals surface area contributed by atoms with Gasteiger partial charge in [0.1, 0.15) is 43.5 Å². The molecule has 0 radical (unpaired) electrons. The number of amides is 2. The smallest absolute Gasteiger partial charge is 0.419 e. The van der Waals surface area contributed by atoms with Crippen molar-refractivity contribution in [1.29, 1.82) is 0 Å². The molecule has 5 aromatic rings. The summed E-state index contributed by atoms with van der Waals surface area (Å²) in [4.78, 5) is 48.1. The van der Waals surface area contributed by atoms with Gasteiger partial charge in [-0.05, 0) is 67.1 Å². The van der Waals surface area contributed by atoms with Gasteiger partial charge in [0, 0.05) is 33.3 Å². The Bertz CT molecular complexity index is 1870. The Balaban J connectivity index is 0.000000393. The van der Waals surface area contributed by atoms with E-state index in [2.05, 4.69) is 39.4 Å². The molecule has 2 N–H and O–H groups in total. The van der Waals surface area contributed by atoms with Gasteiger partial charge in [0.25, 0.3) is 5.91 Å². The average Bonchev–Trinajstić information content (AvgIpc) is 3.82. The van der Waals surface area contributed by atoms with E-state index in [-0.39, 0.29) is 39.6 Å². The molecule has 0 spiro atoms. The minimum Gasteiger partial charge on any atom is -0.490 e. The molecular weight excluding hydrogens is 650 g/mol. The lowest BCUT2D eigenvalue weighted by Gasteiger charge is -2.13. The molecule has 12 nitrogen and oxygen atoms in total. The van der Waals surface area contributed by atoms with Crippen molar-refractivity contribution in [3.63, 3.8) is 0 Å². The number of carbonyl (C=O) groups is 3. The zero-order chi connectivity index (χ0) is 35.9. The van der Waals surface area contributed by atoms with Gasteiger partial charge in [0.2, 0.25) is 0 Å². The van der Waals surface area contributed by atoms with Crippen molar-refractivity contribution < 1.29 is 40.2 Å². The minimum atomic E-state index is -0.831. The molecule has 4 heterocycles. The molecule has 2 amide bonds. The number of aryl methyl sites for hydroxylation is 1. The number of rotatable bonds is 7. The number of alkyl carbamates (subject to hydrolysis) is 1. The van der Waals surface area contributed by atoms with E-state index in [1.54, 1.807) is 49.6 Å². The van der Waals surface area contributed by atoms with Gasteiger partial charge < -0.3 is 24.8 Å². The van der Waals surface area contributed by atoms with E-state index in [0.29, 0.717) is 22.6 Å². The maximum absolute atomic E-state index is 14.6. The lowest BCUT2D eigenvalue weighted by molar-refractivity contribution is 0.102. The molecule has 0 saturated heterocycles. The molecule has 1 aliphatic rings. The molecule has 0 aliphatic carbocycles. The molecule has 14 heteroatoms. The van der Waals surface area contributed by atoms with Crippen LogP contribution in [0.5, 0.6) is 5.75 Å². The monoisotopic (exact) mass is 690 g/mol. The van der Waals surface area contributed by atoms with Gasteiger partial charge in [-0.15, -0.1) is 0 Å². The lowest BCUT2D eigenvalue weighted by atomic mass is 10.0. The van der Waals surface area contributed by atoms with E-state index < -0.39 is 35.8 Å². The first-order valence-corrected chi connectivity index (χ1v) is 15.6. The topological polar surface area (TPSA) is 147 Å². The van der Waals surface area contributed by atoms with Crippen molar-refractivity contribution in [2.75, 3.05) is 11.9 Å². The first-order chi connectivity index (χ1) is 24.2. The van der Waals surface area contributed by atoms with Crippen LogP contribution in [0, 0.1) is 18.6 Å². The van der Waals surface area contributed by atoms with Crippen molar-refractivity contribution >= 4 is 23.8 Å². The van der Waals surface area contributed by atoms with Crippen LogP contribution in [0.15, 0.2) is 97.8 Å². The van der Waals surface area contributed by atoms with Crippen molar-refractivity contribution in [3.05, 3.63) is 138 Å². The van der Waals surface area contributed by atoms with Crippen LogP contribution in [-0.4, -0.2) is 44.2 Å². The molecule has 2 aromatic carbocycles. The van der Waals surface area contributed by atoms with Gasteiger partial charge in [-0.3, -0.25) is 14.8 Å². The number of benzene rings is 2. The van der Waals surface area contributed by atoms with Crippen LogP contribution in [0.1, 0.15) is 62.0 Å². The van der Waals surface area contributed by atoms with Gasteiger partial charge in [-0.1, -0.05) is 32.4 Å². The summed E-state index contributed by atoms with van der Waals surface area (Å²) in [6, 6.07) is 16.4. The Labute approximate surface area is 290 Å². The number of nitrogens with zero attached hydrogens (tertiary/aromatic N) is 4. The number of pyridine rings is 2. The molecule has 6 rings (SSSR count). The van der Waals surface area contributed by atoms with Crippen molar-refractivity contribution in [2.24, 2.45) is 0 Å². The first-order valence-electron chi connectivity index (χ1n) is 15.6. The van der Waals surface area contributed by atoms with Gasteiger partial charge in [-0.25, -0.2) is 27.9 Å². The summed E-state index contributed by atoms with van der Waals surface area (Å²) in [5.41, 5.74) is 2.18. The Morgan fingerprint density at radius 1 is 0.920 bits per heavy atom. The molecule has 1 aliphatic heterocycles. The SMILES string of the molecule is CCC.Cc1cc(NC(=O)c2ccc(F)c3c2OCC3NC(=O)OCc2ccccn2)ccc1F.O=C(OCc1ccccn1)n1ccnc1.[HH].[HH]. The number of hydrogen-bond acceptors (Lipinski definition) is 9. The molecule has 1 atom stereocenters. The third-order valence-corrected chi connectivity index (χ3v) is 6.70. The fourth-order valence-corrected chi connectivity index (χ4v) is 4.39. The van der Waals surface area contributed by atoms with Crippen molar-refractivity contribution in [1.82, 2.24) is 24.8 Å². The molecule has 0 bridgehead atoms. The zero-order valence-corrected chi connectivity index (χ0v) is 27.6. The Hall–Kier alpha value is -6.18. The summed E-state index contributed by atoms with van der Waals surface area (Å²) in [5.74, 6) is -1.53. The molecule has 3 aromatic heterocycles. The van der Waals surface area contributed by atoms with E-state index in [1.807, 2.05) is 6.07 Å². The molecule has 264 valence electrons. The highest BCUT2D eigenvalue weighted by molar-refractivity contribution is 6.06. The second kappa shape index (κ2) is 18.4. The van der Waals surface area contributed by atoms with E-state index in [0.717, 1.165) is 6.07 Å². The summed E-state index contributed by atoms with van der Waals surface area (Å²) >= 11 is 0. The van der Waals surface area contributed by atoms with E-state index in [1.165, 1.54) is 54.0 Å². The van der Waals surface area contributed by atoms with E-state index >= 15 is 0 Å². The van der Waals surface area contributed by atoms with Gasteiger partial charge >= 0.3 is 12.2 Å². The summed E-state index contributed by atoms with van der Waals surface area (Å²) < 4.78 is 44.9. The Morgan fingerprint density at radius 2 is 1.58 bits per heavy atom. The quantitative estimate of drug-likeness (QED) is 0.176. The van der Waals surface area contributed by atoms with Crippen molar-refractivity contribution in [3.8, 4) is 5.75 Å². The Morgan fingerprint density at radius 3 is 2.18 bits per heavy atom. The summed E-state index contributed by atoms with van der Waals surface area (Å²) in [6.07, 6.45) is 7.68. The van der Waals surface area contributed by atoms with Crippen LogP contribution in [0.4, 0.5) is 24.1 Å². The van der Waals surface area contributed by atoms with Gasteiger partial charge in [-0.2, -0.15) is 0 Å². The largest absolute Gasteiger partial charge is 0.490 e. The number of imidazole rings is 1. The van der Waals surface area contributed by atoms with Crippen LogP contribution >= 0.6 is 0 Å². The molecule has 1 unspecified atom stereocenters. The molecule has 50 heavy (non-hydrogen) atoms. The number of nitrogens with one attached hydrogen (secondary N) is 2. The van der Waals surface area contributed by atoms with Crippen LogP contribution in [0.3, 0.4) is 0 Å². The van der Waals surface area contributed by atoms with E-state index in [4.69, 9.17) is 14.2 Å². The van der Waals surface area contributed by atoms with Crippen LogP contribution in [-0.2, 0) is 22.7 Å². The van der Waals surface area contributed by atoms with Crippen LogP contribution < -0.4 is 15.4 Å². The molecule has 0 fully saturated rings. The van der Waals surface area contributed by atoms with Crippen LogP contribution in [0.25, 0.3) is 0 Å². The van der Waals surface area contributed by atoms with Gasteiger partial charge in [0.05, 0.1) is 28.6 Å². The number of carbonyl (C=O) groups excluding carboxylic acids is 3. The molecule has 0 saturated carbocycles. The number of fused-ring (bicyclic) bond motifs is 1. The maximum atomic E-state index is 14.6. The molecular formula is C36H40F2N6O6. The predicted molar refractivity (Wildman–Crippen MR) is 184 cm³/mol. The standard InChI is InChI=1S/C23H19F2N3O4.C10H9N3O2.C3H8.2H2/c1-13-10-14(5-7-17(13)24)27-22(29)16-6-8-18(25)20-19(12-31-21(16)20)28-23(30)32-11-15-4-2-3-9-26-15;14-10(13-6-5-11-8-13)15-7-9-3-1-2-4-12-9;1-3-2;;/h2-10,19H,11-12H2,1H3,(H,27,29)(H,28,30);1-6,8H,7H2;3H2,1-2H3;2*1H.